The quantitative estimate of drug-likeness (QED) is 0.765. The summed E-state index contributed by atoms with van der Waals surface area (Å²) in [5, 5.41) is 3.34. The van der Waals surface area contributed by atoms with Gasteiger partial charge in [-0.2, -0.15) is 0 Å². The highest BCUT2D eigenvalue weighted by Crippen LogP contribution is 2.41. The summed E-state index contributed by atoms with van der Waals surface area (Å²) in [5.74, 6) is 3.11. The van der Waals surface area contributed by atoms with Gasteiger partial charge in [-0.15, -0.1) is 6.42 Å². The van der Waals surface area contributed by atoms with Crippen LogP contribution >= 0.6 is 0 Å². The molecule has 0 aliphatic heterocycles. The van der Waals surface area contributed by atoms with Crippen molar-refractivity contribution in [1.82, 2.24) is 5.32 Å². The van der Waals surface area contributed by atoms with Crippen molar-refractivity contribution in [2.24, 2.45) is 5.92 Å². The lowest BCUT2D eigenvalue weighted by molar-refractivity contribution is 0.509. The van der Waals surface area contributed by atoms with Crippen LogP contribution in [-0.4, -0.2) is 6.54 Å². The number of hydrogen-bond donors (Lipinski definition) is 1. The number of aryl methyl sites for hydroxylation is 1. The van der Waals surface area contributed by atoms with Crippen molar-refractivity contribution in [2.75, 3.05) is 6.54 Å². The number of benzene rings is 1. The molecule has 0 saturated heterocycles. The average Bonchev–Trinajstić information content (AvgIpc) is 3.08. The van der Waals surface area contributed by atoms with Gasteiger partial charge in [-0.05, 0) is 42.9 Å². The molecule has 0 radical (unpaired) electrons. The molecular formula is C14H16FN. The van der Waals surface area contributed by atoms with Crippen molar-refractivity contribution >= 4 is 0 Å². The lowest BCUT2D eigenvalue weighted by Crippen LogP contribution is -2.23. The van der Waals surface area contributed by atoms with E-state index in [9.17, 15) is 4.39 Å². The maximum atomic E-state index is 13.2. The molecule has 84 valence electrons. The van der Waals surface area contributed by atoms with Crippen LogP contribution in [0, 0.1) is 31.0 Å². The Bertz CT molecular complexity index is 415. The summed E-state index contributed by atoms with van der Waals surface area (Å²) in [5.41, 5.74) is 1.85. The molecule has 0 heterocycles. The summed E-state index contributed by atoms with van der Waals surface area (Å²) in [7, 11) is 0. The Balaban J connectivity index is 2.18. The van der Waals surface area contributed by atoms with Crippen LogP contribution in [0.4, 0.5) is 4.39 Å². The van der Waals surface area contributed by atoms with Crippen LogP contribution in [0.5, 0.6) is 0 Å². The average molecular weight is 217 g/mol. The van der Waals surface area contributed by atoms with E-state index in [-0.39, 0.29) is 11.9 Å². The van der Waals surface area contributed by atoms with Crippen molar-refractivity contribution < 1.29 is 4.39 Å². The van der Waals surface area contributed by atoms with Gasteiger partial charge in [0.05, 0.1) is 6.54 Å². The predicted octanol–water partition coefficient (Wildman–Crippen LogP) is 2.81. The van der Waals surface area contributed by atoms with Crippen LogP contribution in [-0.2, 0) is 0 Å². The fourth-order valence-corrected chi connectivity index (χ4v) is 2.02. The molecule has 0 amide bonds. The van der Waals surface area contributed by atoms with E-state index in [1.807, 2.05) is 12.1 Å². The van der Waals surface area contributed by atoms with Gasteiger partial charge in [0.15, 0.2) is 0 Å². The fourth-order valence-electron chi connectivity index (χ4n) is 2.02. The van der Waals surface area contributed by atoms with Gasteiger partial charge in [-0.25, -0.2) is 4.39 Å². The van der Waals surface area contributed by atoms with E-state index in [0.29, 0.717) is 18.0 Å². The van der Waals surface area contributed by atoms with Crippen LogP contribution in [0.3, 0.4) is 0 Å². The number of rotatable bonds is 4. The summed E-state index contributed by atoms with van der Waals surface area (Å²) in [4.78, 5) is 0. The molecule has 16 heavy (non-hydrogen) atoms. The largest absolute Gasteiger partial charge is 0.299 e. The van der Waals surface area contributed by atoms with Crippen LogP contribution in [0.2, 0.25) is 0 Å². The molecule has 1 atom stereocenters. The van der Waals surface area contributed by atoms with Gasteiger partial charge in [0.1, 0.15) is 5.82 Å². The fraction of sp³-hybridized carbons (Fsp3) is 0.429. The topological polar surface area (TPSA) is 12.0 Å². The molecule has 2 heteroatoms. The molecule has 1 aliphatic rings. The van der Waals surface area contributed by atoms with E-state index in [2.05, 4.69) is 11.2 Å². The lowest BCUT2D eigenvalue weighted by Gasteiger charge is -2.18. The second kappa shape index (κ2) is 4.67. The van der Waals surface area contributed by atoms with Gasteiger partial charge in [-0.3, -0.25) is 5.32 Å². The highest BCUT2D eigenvalue weighted by atomic mass is 19.1. The zero-order valence-electron chi connectivity index (χ0n) is 9.46. The monoisotopic (exact) mass is 217 g/mol. The van der Waals surface area contributed by atoms with Crippen molar-refractivity contribution in [3.63, 3.8) is 0 Å². The van der Waals surface area contributed by atoms with Crippen molar-refractivity contribution in [1.29, 1.82) is 0 Å². The highest BCUT2D eigenvalue weighted by molar-refractivity contribution is 5.28. The zero-order valence-corrected chi connectivity index (χ0v) is 9.46. The molecule has 0 spiro atoms. The summed E-state index contributed by atoms with van der Waals surface area (Å²) >= 11 is 0. The summed E-state index contributed by atoms with van der Waals surface area (Å²) in [6.45, 7) is 2.36. The number of terminal acetylenes is 1. The first-order valence-corrected chi connectivity index (χ1v) is 5.65. The van der Waals surface area contributed by atoms with Gasteiger partial charge in [0, 0.05) is 6.04 Å². The van der Waals surface area contributed by atoms with Crippen molar-refractivity contribution in [2.45, 2.75) is 25.8 Å². The maximum Gasteiger partial charge on any atom is 0.126 e. The van der Waals surface area contributed by atoms with Crippen molar-refractivity contribution in [3.8, 4) is 12.3 Å². The van der Waals surface area contributed by atoms with Crippen LogP contribution in [0.1, 0.15) is 30.0 Å². The summed E-state index contributed by atoms with van der Waals surface area (Å²) in [6.07, 6.45) is 7.73. The van der Waals surface area contributed by atoms with Crippen LogP contribution < -0.4 is 5.32 Å². The normalized spacial score (nSPS) is 16.8. The van der Waals surface area contributed by atoms with E-state index < -0.39 is 0 Å². The van der Waals surface area contributed by atoms with E-state index in [0.717, 1.165) is 5.56 Å². The van der Waals surface area contributed by atoms with Crippen LogP contribution in [0.15, 0.2) is 18.2 Å². The van der Waals surface area contributed by atoms with E-state index in [1.165, 1.54) is 18.9 Å². The first kappa shape index (κ1) is 11.2. The first-order valence-electron chi connectivity index (χ1n) is 5.65. The molecule has 1 aliphatic carbocycles. The standard InChI is InChI=1S/C14H16FN/c1-3-8-16-14(11-4-5-11)12-6-7-13(15)10(2)9-12/h1,6-7,9,11,14,16H,4-5,8H2,2H3. The molecule has 1 fully saturated rings. The minimum Gasteiger partial charge on any atom is -0.299 e. The van der Waals surface area contributed by atoms with E-state index in [1.54, 1.807) is 6.92 Å². The Morgan fingerprint density at radius 2 is 2.31 bits per heavy atom. The van der Waals surface area contributed by atoms with Crippen LogP contribution in [0.25, 0.3) is 0 Å². The predicted molar refractivity (Wildman–Crippen MR) is 63.4 cm³/mol. The number of halogens is 1. The molecule has 1 N–H and O–H groups in total. The Hall–Kier alpha value is -1.33. The number of nitrogens with one attached hydrogen (secondary N) is 1. The van der Waals surface area contributed by atoms with E-state index >= 15 is 0 Å². The molecular weight excluding hydrogens is 201 g/mol. The molecule has 2 rings (SSSR count). The molecule has 0 bridgehead atoms. The van der Waals surface area contributed by atoms with Gasteiger partial charge in [0.2, 0.25) is 0 Å². The molecule has 0 aromatic heterocycles. The minimum absolute atomic E-state index is 0.143. The maximum absolute atomic E-state index is 13.2. The molecule has 1 nitrogen and oxygen atoms in total. The Morgan fingerprint density at radius 3 is 2.88 bits per heavy atom. The SMILES string of the molecule is C#CCNC(c1ccc(F)c(C)c1)C1CC1. The van der Waals surface area contributed by atoms with Crippen molar-refractivity contribution in [3.05, 3.63) is 35.1 Å². The number of hydrogen-bond acceptors (Lipinski definition) is 1. The van der Waals surface area contributed by atoms with Gasteiger partial charge in [0.25, 0.3) is 0 Å². The molecule has 1 unspecified atom stereocenters. The highest BCUT2D eigenvalue weighted by Gasteiger charge is 2.31. The first-order chi connectivity index (χ1) is 7.72. The summed E-state index contributed by atoms with van der Waals surface area (Å²) < 4.78 is 13.2. The second-order valence-electron chi connectivity index (χ2n) is 4.41. The van der Waals surface area contributed by atoms with Gasteiger partial charge < -0.3 is 0 Å². The Labute approximate surface area is 96.1 Å². The van der Waals surface area contributed by atoms with E-state index in [4.69, 9.17) is 6.42 Å². The molecule has 1 saturated carbocycles. The third kappa shape index (κ3) is 2.43. The second-order valence-corrected chi connectivity index (χ2v) is 4.41. The Morgan fingerprint density at radius 1 is 1.56 bits per heavy atom. The van der Waals surface area contributed by atoms with Gasteiger partial charge in [-0.1, -0.05) is 18.1 Å². The molecule has 1 aromatic carbocycles. The third-order valence-electron chi connectivity index (χ3n) is 3.06. The van der Waals surface area contributed by atoms with Gasteiger partial charge >= 0.3 is 0 Å². The molecule has 1 aromatic rings. The summed E-state index contributed by atoms with van der Waals surface area (Å²) in [6, 6.07) is 5.60. The zero-order chi connectivity index (χ0) is 11.5. The minimum atomic E-state index is -0.143. The lowest BCUT2D eigenvalue weighted by atomic mass is 10.00. The smallest absolute Gasteiger partial charge is 0.126 e. The Kier molecular flexibility index (Phi) is 3.26. The third-order valence-corrected chi connectivity index (χ3v) is 3.06.